The van der Waals surface area contributed by atoms with Gasteiger partial charge in [0.05, 0.1) is 5.02 Å². The van der Waals surface area contributed by atoms with Crippen LogP contribution in [0.15, 0.2) is 18.5 Å². The van der Waals surface area contributed by atoms with Gasteiger partial charge in [-0.3, -0.25) is 4.98 Å². The fourth-order valence-corrected chi connectivity index (χ4v) is 2.74. The summed E-state index contributed by atoms with van der Waals surface area (Å²) in [5, 5.41) is 0.792. The summed E-state index contributed by atoms with van der Waals surface area (Å²) in [6, 6.07) is 2.02. The van der Waals surface area contributed by atoms with E-state index in [9.17, 15) is 0 Å². The molecule has 1 aliphatic rings. The van der Waals surface area contributed by atoms with E-state index in [1.54, 1.807) is 6.20 Å². The molecule has 0 spiro atoms. The van der Waals surface area contributed by atoms with Crippen LogP contribution in [0, 0.1) is 11.8 Å². The Bertz CT molecular complexity index is 327. The summed E-state index contributed by atoms with van der Waals surface area (Å²) in [6.07, 6.45) is 8.49. The minimum Gasteiger partial charge on any atom is -0.330 e. The van der Waals surface area contributed by atoms with Crippen LogP contribution in [-0.4, -0.2) is 11.5 Å². The number of nitrogens with zero attached hydrogens (tertiary/aromatic N) is 1. The zero-order chi connectivity index (χ0) is 10.7. The first kappa shape index (κ1) is 10.9. The Labute approximate surface area is 95.8 Å². The van der Waals surface area contributed by atoms with Crippen LogP contribution in [-0.2, 0) is 6.42 Å². The van der Waals surface area contributed by atoms with Crippen LogP contribution >= 0.6 is 11.6 Å². The molecule has 15 heavy (non-hydrogen) atoms. The van der Waals surface area contributed by atoms with E-state index in [0.717, 1.165) is 23.9 Å². The molecule has 0 amide bonds. The summed E-state index contributed by atoms with van der Waals surface area (Å²) >= 11 is 6.10. The predicted octanol–water partition coefficient (Wildman–Crippen LogP) is 2.65. The van der Waals surface area contributed by atoms with Crippen molar-refractivity contribution in [3.05, 3.63) is 29.0 Å². The maximum atomic E-state index is 6.10. The smallest absolute Gasteiger partial charge is 0.0621 e. The van der Waals surface area contributed by atoms with Crippen LogP contribution in [0.1, 0.15) is 24.8 Å². The maximum Gasteiger partial charge on any atom is 0.0621 e. The fraction of sp³-hybridized carbons (Fsp3) is 0.583. The van der Waals surface area contributed by atoms with Crippen molar-refractivity contribution >= 4 is 11.6 Å². The molecule has 2 nitrogen and oxygen atoms in total. The molecule has 1 aliphatic carbocycles. The molecule has 1 fully saturated rings. The molecule has 82 valence electrons. The number of hydrogen-bond acceptors (Lipinski definition) is 2. The highest BCUT2D eigenvalue weighted by Gasteiger charge is 2.26. The minimum absolute atomic E-state index is 0.689. The molecule has 0 saturated heterocycles. The second-order valence-corrected chi connectivity index (χ2v) is 4.77. The van der Waals surface area contributed by atoms with E-state index >= 15 is 0 Å². The van der Waals surface area contributed by atoms with Gasteiger partial charge in [0.25, 0.3) is 0 Å². The number of aromatic nitrogens is 1. The van der Waals surface area contributed by atoms with Gasteiger partial charge in [0.15, 0.2) is 0 Å². The molecule has 1 aromatic rings. The monoisotopic (exact) mass is 224 g/mol. The van der Waals surface area contributed by atoms with Crippen LogP contribution in [0.4, 0.5) is 0 Å². The number of nitrogens with two attached hydrogens (primary N) is 1. The van der Waals surface area contributed by atoms with E-state index in [2.05, 4.69) is 4.98 Å². The molecule has 0 aromatic carbocycles. The van der Waals surface area contributed by atoms with Crippen LogP contribution in [0.3, 0.4) is 0 Å². The molecule has 3 heteroatoms. The molecule has 0 aliphatic heterocycles. The zero-order valence-electron chi connectivity index (χ0n) is 8.82. The molecular weight excluding hydrogens is 208 g/mol. The summed E-state index contributed by atoms with van der Waals surface area (Å²) < 4.78 is 0. The van der Waals surface area contributed by atoms with Crippen molar-refractivity contribution in [1.82, 2.24) is 4.98 Å². The number of pyridine rings is 1. The zero-order valence-corrected chi connectivity index (χ0v) is 9.58. The van der Waals surface area contributed by atoms with Gasteiger partial charge in [0.1, 0.15) is 0 Å². The lowest BCUT2D eigenvalue weighted by molar-refractivity contribution is 0.394. The minimum atomic E-state index is 0.689. The molecule has 2 unspecified atom stereocenters. The van der Waals surface area contributed by atoms with Gasteiger partial charge >= 0.3 is 0 Å². The molecule has 0 bridgehead atoms. The third-order valence-corrected chi connectivity index (χ3v) is 3.80. The van der Waals surface area contributed by atoms with Crippen molar-refractivity contribution in [1.29, 1.82) is 0 Å². The highest BCUT2D eigenvalue weighted by atomic mass is 35.5. The number of rotatable bonds is 3. The molecule has 1 aromatic heterocycles. The van der Waals surface area contributed by atoms with E-state index in [-0.39, 0.29) is 0 Å². The fourth-order valence-electron chi connectivity index (χ4n) is 2.54. The first-order chi connectivity index (χ1) is 7.31. The SMILES string of the molecule is NCC1CCCC1Cc1ccncc1Cl. The van der Waals surface area contributed by atoms with E-state index in [1.165, 1.54) is 24.8 Å². The molecule has 2 N–H and O–H groups in total. The van der Waals surface area contributed by atoms with E-state index in [4.69, 9.17) is 17.3 Å². The Morgan fingerprint density at radius 1 is 1.40 bits per heavy atom. The van der Waals surface area contributed by atoms with Gasteiger partial charge in [0.2, 0.25) is 0 Å². The van der Waals surface area contributed by atoms with Crippen molar-refractivity contribution in [2.24, 2.45) is 17.6 Å². The van der Waals surface area contributed by atoms with Gasteiger partial charge in [0, 0.05) is 12.4 Å². The van der Waals surface area contributed by atoms with Crippen LogP contribution in [0.5, 0.6) is 0 Å². The van der Waals surface area contributed by atoms with E-state index < -0.39 is 0 Å². The third kappa shape index (κ3) is 2.50. The number of halogens is 1. The van der Waals surface area contributed by atoms with Crippen molar-refractivity contribution in [2.45, 2.75) is 25.7 Å². The summed E-state index contributed by atoms with van der Waals surface area (Å²) in [7, 11) is 0. The number of hydrogen-bond donors (Lipinski definition) is 1. The molecular formula is C12H17ClN2. The average Bonchev–Trinajstić information content (AvgIpc) is 2.69. The Morgan fingerprint density at radius 2 is 2.20 bits per heavy atom. The Morgan fingerprint density at radius 3 is 2.93 bits per heavy atom. The highest BCUT2D eigenvalue weighted by molar-refractivity contribution is 6.31. The highest BCUT2D eigenvalue weighted by Crippen LogP contribution is 2.34. The summed E-state index contributed by atoms with van der Waals surface area (Å²) in [6.45, 7) is 0.813. The van der Waals surface area contributed by atoms with Gasteiger partial charge in [-0.05, 0) is 49.3 Å². The standard InChI is InChI=1S/C12H17ClN2/c13-12-8-15-5-4-10(12)6-9-2-1-3-11(9)7-14/h4-5,8-9,11H,1-3,6-7,14H2. The molecule has 1 heterocycles. The average molecular weight is 225 g/mol. The van der Waals surface area contributed by atoms with Gasteiger partial charge in [-0.15, -0.1) is 0 Å². The predicted molar refractivity (Wildman–Crippen MR) is 62.8 cm³/mol. The Balaban J connectivity index is 2.05. The van der Waals surface area contributed by atoms with Gasteiger partial charge < -0.3 is 5.73 Å². The topological polar surface area (TPSA) is 38.9 Å². The Hall–Kier alpha value is -0.600. The first-order valence-electron chi connectivity index (χ1n) is 5.59. The van der Waals surface area contributed by atoms with Gasteiger partial charge in [-0.25, -0.2) is 0 Å². The van der Waals surface area contributed by atoms with E-state index in [0.29, 0.717) is 5.92 Å². The Kier molecular flexibility index (Phi) is 3.60. The molecule has 1 saturated carbocycles. The van der Waals surface area contributed by atoms with Crippen LogP contribution in [0.2, 0.25) is 5.02 Å². The quantitative estimate of drug-likeness (QED) is 0.858. The first-order valence-corrected chi connectivity index (χ1v) is 5.97. The summed E-state index contributed by atoms with van der Waals surface area (Å²) in [5.74, 6) is 1.41. The van der Waals surface area contributed by atoms with Crippen molar-refractivity contribution < 1.29 is 0 Å². The lowest BCUT2D eigenvalue weighted by Crippen LogP contribution is -2.20. The lowest BCUT2D eigenvalue weighted by Gasteiger charge is -2.18. The van der Waals surface area contributed by atoms with Crippen LogP contribution in [0.25, 0.3) is 0 Å². The second kappa shape index (κ2) is 4.95. The second-order valence-electron chi connectivity index (χ2n) is 4.36. The summed E-state index contributed by atoms with van der Waals surface area (Å²) in [5.41, 5.74) is 6.99. The molecule has 2 atom stereocenters. The maximum absolute atomic E-state index is 6.10. The van der Waals surface area contributed by atoms with Crippen molar-refractivity contribution in [3.63, 3.8) is 0 Å². The van der Waals surface area contributed by atoms with Crippen molar-refractivity contribution in [3.8, 4) is 0 Å². The normalized spacial score (nSPS) is 25.7. The third-order valence-electron chi connectivity index (χ3n) is 3.46. The largest absolute Gasteiger partial charge is 0.330 e. The molecule has 0 radical (unpaired) electrons. The van der Waals surface area contributed by atoms with Gasteiger partial charge in [-0.1, -0.05) is 18.0 Å². The summed E-state index contributed by atoms with van der Waals surface area (Å²) in [4.78, 5) is 4.00. The van der Waals surface area contributed by atoms with E-state index in [1.807, 2.05) is 12.3 Å². The van der Waals surface area contributed by atoms with Crippen LogP contribution < -0.4 is 5.73 Å². The van der Waals surface area contributed by atoms with Crippen molar-refractivity contribution in [2.75, 3.05) is 6.54 Å². The molecule has 2 rings (SSSR count). The van der Waals surface area contributed by atoms with Gasteiger partial charge in [-0.2, -0.15) is 0 Å². The lowest BCUT2D eigenvalue weighted by atomic mass is 9.90.